The summed E-state index contributed by atoms with van der Waals surface area (Å²) < 4.78 is 18.8. The van der Waals surface area contributed by atoms with Crippen LogP contribution in [0.1, 0.15) is 67.5 Å². The number of carbonyl (C=O) groups is 6. The van der Waals surface area contributed by atoms with E-state index in [1.807, 2.05) is 0 Å². The minimum atomic E-state index is -1.41. The molecule has 0 aliphatic rings. The Labute approximate surface area is 217 Å². The van der Waals surface area contributed by atoms with Crippen molar-refractivity contribution < 1.29 is 52.8 Å². The van der Waals surface area contributed by atoms with Gasteiger partial charge in [0, 0.05) is 18.5 Å². The van der Waals surface area contributed by atoms with Crippen LogP contribution in [0.15, 0.2) is 0 Å². The number of carboxylic acids is 1. The summed E-state index contributed by atoms with van der Waals surface area (Å²) >= 11 is 0. The van der Waals surface area contributed by atoms with Crippen molar-refractivity contribution in [2.45, 2.75) is 45.4 Å². The van der Waals surface area contributed by atoms with Gasteiger partial charge in [0.1, 0.15) is 5.69 Å². The van der Waals surface area contributed by atoms with Crippen LogP contribution in [-0.4, -0.2) is 79.1 Å². The maximum Gasteiger partial charge on any atom is 0.352 e. The number of hydrogen-bond donors (Lipinski definition) is 3. The first-order valence-electron chi connectivity index (χ1n) is 11.5. The van der Waals surface area contributed by atoms with E-state index in [2.05, 4.69) is 14.7 Å². The smallest absolute Gasteiger partial charge is 0.352 e. The van der Waals surface area contributed by atoms with Crippen LogP contribution in [0.3, 0.4) is 0 Å². The molecule has 0 saturated heterocycles. The third kappa shape index (κ3) is 6.87. The molecule has 0 spiro atoms. The van der Waals surface area contributed by atoms with Crippen LogP contribution in [0.4, 0.5) is 0 Å². The van der Waals surface area contributed by atoms with Gasteiger partial charge < -0.3 is 34.0 Å². The highest BCUT2D eigenvalue weighted by Gasteiger charge is 2.31. The molecule has 0 fully saturated rings. The second-order valence-corrected chi connectivity index (χ2v) is 8.21. The maximum atomic E-state index is 13.8. The molecule has 0 bridgehead atoms. The lowest BCUT2D eigenvalue weighted by molar-refractivity contribution is -0.141. The second-order valence-electron chi connectivity index (χ2n) is 8.21. The summed E-state index contributed by atoms with van der Waals surface area (Å²) in [5.41, 5.74) is 0.778. The summed E-state index contributed by atoms with van der Waals surface area (Å²) in [4.78, 5) is 79.2. The predicted octanol–water partition coefficient (Wildman–Crippen LogP) is 1.22. The van der Waals surface area contributed by atoms with Crippen LogP contribution in [0, 0.1) is 6.92 Å². The van der Waals surface area contributed by atoms with Gasteiger partial charge in [-0.3, -0.25) is 24.0 Å². The van der Waals surface area contributed by atoms with Crippen molar-refractivity contribution in [3.8, 4) is 0 Å². The van der Waals surface area contributed by atoms with Crippen LogP contribution >= 0.6 is 0 Å². The molecule has 0 radical (unpaired) electrons. The molecule has 0 amide bonds. The Kier molecular flexibility index (Phi) is 10.4. The van der Waals surface area contributed by atoms with Crippen LogP contribution in [0.25, 0.3) is 0 Å². The van der Waals surface area contributed by atoms with Crippen molar-refractivity contribution >= 4 is 35.6 Å². The number of methoxy groups -OCH3 is 4. The molecule has 38 heavy (non-hydrogen) atoms. The zero-order valence-corrected chi connectivity index (χ0v) is 21.8. The number of aryl methyl sites for hydroxylation is 1. The molecule has 3 N–H and O–H groups in total. The molecule has 0 atom stereocenters. The van der Waals surface area contributed by atoms with Crippen molar-refractivity contribution in [2.75, 3.05) is 28.4 Å². The fourth-order valence-corrected chi connectivity index (χ4v) is 4.07. The third-order valence-electron chi connectivity index (χ3n) is 6.03. The molecule has 13 heteroatoms. The number of aromatic nitrogens is 2. The summed E-state index contributed by atoms with van der Waals surface area (Å²) in [6.07, 6.45) is -1.05. The largest absolute Gasteiger partial charge is 0.477 e. The quantitative estimate of drug-likeness (QED) is 0.190. The molecule has 0 aliphatic heterocycles. The van der Waals surface area contributed by atoms with E-state index in [4.69, 9.17) is 14.2 Å². The summed E-state index contributed by atoms with van der Waals surface area (Å²) in [5.74, 6) is -4.60. The zero-order chi connectivity index (χ0) is 28.6. The topological polar surface area (TPSA) is 191 Å². The predicted molar refractivity (Wildman–Crippen MR) is 129 cm³/mol. The Morgan fingerprint density at radius 1 is 0.605 bits per heavy atom. The van der Waals surface area contributed by atoms with Crippen LogP contribution in [0.2, 0.25) is 0 Å². The molecule has 206 valence electrons. The number of ether oxygens (including phenoxy) is 4. The first kappa shape index (κ1) is 29.8. The molecule has 2 aromatic heterocycles. The van der Waals surface area contributed by atoms with Gasteiger partial charge in [0.15, 0.2) is 0 Å². The van der Waals surface area contributed by atoms with Crippen LogP contribution in [0.5, 0.6) is 0 Å². The highest BCUT2D eigenvalue weighted by molar-refractivity contribution is 6.10. The number of H-pyrrole nitrogens is 2. The highest BCUT2D eigenvalue weighted by atomic mass is 16.5. The minimum Gasteiger partial charge on any atom is -0.477 e. The van der Waals surface area contributed by atoms with E-state index in [1.54, 1.807) is 6.92 Å². The average Bonchev–Trinajstić information content (AvgIpc) is 3.42. The number of hydrogen-bond acceptors (Lipinski definition) is 10. The van der Waals surface area contributed by atoms with E-state index < -0.39 is 42.1 Å². The Bertz CT molecular complexity index is 1250. The Morgan fingerprint density at radius 3 is 1.47 bits per heavy atom. The van der Waals surface area contributed by atoms with E-state index in [0.29, 0.717) is 16.8 Å². The van der Waals surface area contributed by atoms with Gasteiger partial charge in [-0.25, -0.2) is 4.79 Å². The van der Waals surface area contributed by atoms with Gasteiger partial charge in [0.25, 0.3) is 0 Å². The summed E-state index contributed by atoms with van der Waals surface area (Å²) in [6, 6.07) is 0. The van der Waals surface area contributed by atoms with Gasteiger partial charge in [-0.15, -0.1) is 0 Å². The number of carbonyl (C=O) groups excluding carboxylic acids is 5. The van der Waals surface area contributed by atoms with Gasteiger partial charge in [-0.05, 0) is 42.0 Å². The lowest BCUT2D eigenvalue weighted by Gasteiger charge is -2.09. The number of aromatic amines is 2. The van der Waals surface area contributed by atoms with Gasteiger partial charge >= 0.3 is 29.8 Å². The average molecular weight is 535 g/mol. The monoisotopic (exact) mass is 534 g/mol. The molecule has 2 aromatic rings. The molecule has 0 unspecified atom stereocenters. The van der Waals surface area contributed by atoms with Crippen molar-refractivity contribution in [3.63, 3.8) is 0 Å². The Hall–Kier alpha value is -4.42. The standard InChI is InChI=1S/C25H30N2O11/c1-12-15(10-19(30)37-4)13(6-8-17(28)35-2)21(26-12)24(32)22-16(11-20(31)38-5)14(7-9-18(29)36-3)23(27-22)25(33)34/h26-27H,6-11H2,1-5H3,(H,33,34). The molecular weight excluding hydrogens is 504 g/mol. The number of aromatic carboxylic acids is 1. The molecule has 2 heterocycles. The number of esters is 4. The molecular formula is C25H30N2O11. The van der Waals surface area contributed by atoms with Crippen LogP contribution in [-0.2, 0) is 63.8 Å². The minimum absolute atomic E-state index is 0.00544. The normalized spacial score (nSPS) is 10.6. The molecule has 0 aromatic carbocycles. The van der Waals surface area contributed by atoms with E-state index in [9.17, 15) is 33.9 Å². The molecule has 0 saturated carbocycles. The van der Waals surface area contributed by atoms with Crippen molar-refractivity contribution in [1.82, 2.24) is 9.97 Å². The number of rotatable bonds is 13. The summed E-state index contributed by atoms with van der Waals surface area (Å²) in [5, 5.41) is 9.79. The second kappa shape index (κ2) is 13.2. The maximum absolute atomic E-state index is 13.8. The number of nitrogens with one attached hydrogen (secondary N) is 2. The summed E-state index contributed by atoms with van der Waals surface area (Å²) in [6.45, 7) is 1.63. The summed E-state index contributed by atoms with van der Waals surface area (Å²) in [7, 11) is 4.75. The number of ketones is 1. The van der Waals surface area contributed by atoms with E-state index >= 15 is 0 Å². The van der Waals surface area contributed by atoms with E-state index in [-0.39, 0.29) is 60.3 Å². The molecule has 2 rings (SSSR count). The fourth-order valence-electron chi connectivity index (χ4n) is 4.07. The van der Waals surface area contributed by atoms with Crippen molar-refractivity contribution in [2.24, 2.45) is 0 Å². The van der Waals surface area contributed by atoms with Gasteiger partial charge in [-0.2, -0.15) is 0 Å². The van der Waals surface area contributed by atoms with Crippen LogP contribution < -0.4 is 0 Å². The first-order chi connectivity index (χ1) is 18.0. The lowest BCUT2D eigenvalue weighted by Crippen LogP contribution is -2.14. The first-order valence-corrected chi connectivity index (χ1v) is 11.5. The van der Waals surface area contributed by atoms with Gasteiger partial charge in [0.05, 0.1) is 52.7 Å². The van der Waals surface area contributed by atoms with Crippen molar-refractivity contribution in [1.29, 1.82) is 0 Å². The third-order valence-corrected chi connectivity index (χ3v) is 6.03. The number of carboxylic acid groups (broad SMARTS) is 1. The molecule has 0 aliphatic carbocycles. The SMILES string of the molecule is COC(=O)CCc1c(C(=O)c2[nH]c(C(=O)O)c(CCC(=O)OC)c2CC(=O)OC)[nH]c(C)c1CC(=O)OC. The Morgan fingerprint density at radius 2 is 1.03 bits per heavy atom. The Balaban J connectivity index is 2.72. The fraction of sp³-hybridized carbons (Fsp3) is 0.440. The molecule has 13 nitrogen and oxygen atoms in total. The van der Waals surface area contributed by atoms with Gasteiger partial charge in [0.2, 0.25) is 5.78 Å². The zero-order valence-electron chi connectivity index (χ0n) is 21.8. The van der Waals surface area contributed by atoms with Crippen molar-refractivity contribution in [3.05, 3.63) is 45.0 Å². The lowest BCUT2D eigenvalue weighted by atomic mass is 9.95. The van der Waals surface area contributed by atoms with E-state index in [0.717, 1.165) is 7.11 Å². The van der Waals surface area contributed by atoms with E-state index in [1.165, 1.54) is 21.3 Å². The van der Waals surface area contributed by atoms with Gasteiger partial charge in [-0.1, -0.05) is 0 Å². The highest BCUT2D eigenvalue weighted by Crippen LogP contribution is 2.29.